The first-order chi connectivity index (χ1) is 24.1. The molecule has 0 aromatic carbocycles. The van der Waals surface area contributed by atoms with Gasteiger partial charge >= 0.3 is 103 Å². The van der Waals surface area contributed by atoms with Crippen LogP contribution < -0.4 is 15.3 Å². The molecule has 0 aliphatic carbocycles. The van der Waals surface area contributed by atoms with E-state index in [1.54, 1.807) is 0 Å². The van der Waals surface area contributed by atoms with Gasteiger partial charge in [-0.2, -0.15) is 92.2 Å². The van der Waals surface area contributed by atoms with Gasteiger partial charge in [0.2, 0.25) is 17.3 Å². The molecule has 0 atom stereocenters. The van der Waals surface area contributed by atoms with E-state index in [0.29, 0.717) is 0 Å². The standard InChI is InChI=1S/3C10H11F7O2.Eu/c3*1-7(2,3)5(18)4-6(19)8(11,12)9(13,14)10(15,16)17;/h3*4,18H,1-3H3;/q;;;+3/p-3. The van der Waals surface area contributed by atoms with Crippen LogP contribution in [0.25, 0.3) is 0 Å². The van der Waals surface area contributed by atoms with Crippen molar-refractivity contribution in [3.63, 3.8) is 0 Å². The Labute approximate surface area is 355 Å². The number of carbonyl (C=O) groups is 3. The zero-order valence-corrected chi connectivity index (χ0v) is 32.9. The summed E-state index contributed by atoms with van der Waals surface area (Å²) in [6.45, 7) is 10.6. The molecule has 340 valence electrons. The minimum Gasteiger partial charge on any atom is -0.875 e. The smallest absolute Gasteiger partial charge is 0.875 e. The number of hydrogen-bond donors (Lipinski definition) is 0. The molecule has 0 heterocycles. The maximum absolute atomic E-state index is 12.8. The zero-order chi connectivity index (χ0) is 47.6. The van der Waals surface area contributed by atoms with Gasteiger partial charge < -0.3 is 15.3 Å². The molecule has 0 fully saturated rings. The van der Waals surface area contributed by atoms with Crippen molar-refractivity contribution in [1.29, 1.82) is 0 Å². The number of carbonyl (C=O) groups excluding carboxylic acids is 3. The third kappa shape index (κ3) is 15.0. The Hall–Kier alpha value is -2.26. The van der Waals surface area contributed by atoms with Gasteiger partial charge in [0.1, 0.15) is 0 Å². The summed E-state index contributed by atoms with van der Waals surface area (Å²) in [6, 6.07) is 0. The first-order valence-corrected chi connectivity index (χ1v) is 14.4. The average molecular weight is 1040 g/mol. The second-order valence-electron chi connectivity index (χ2n) is 14.3. The summed E-state index contributed by atoms with van der Waals surface area (Å²) >= 11 is 0. The van der Waals surface area contributed by atoms with E-state index in [1.807, 2.05) is 0 Å². The van der Waals surface area contributed by atoms with Gasteiger partial charge in [0.25, 0.3) is 0 Å². The molecule has 0 aliphatic rings. The van der Waals surface area contributed by atoms with Crippen LogP contribution in [0, 0.1) is 65.6 Å². The van der Waals surface area contributed by atoms with E-state index >= 15 is 0 Å². The van der Waals surface area contributed by atoms with Crippen LogP contribution in [0.3, 0.4) is 0 Å². The Bertz CT molecular complexity index is 1350. The summed E-state index contributed by atoms with van der Waals surface area (Å²) in [5, 5.41) is 33.5. The summed E-state index contributed by atoms with van der Waals surface area (Å²) in [7, 11) is 0. The maximum atomic E-state index is 12.8. The zero-order valence-electron chi connectivity index (χ0n) is 30.5. The molecule has 6 nitrogen and oxygen atoms in total. The van der Waals surface area contributed by atoms with Crippen LogP contribution >= 0.6 is 0 Å². The minimum atomic E-state index is -6.61. The monoisotopic (exact) mass is 1040 g/mol. The number of allylic oxidation sites excluding steroid dienone is 6. The van der Waals surface area contributed by atoms with E-state index in [4.69, 9.17) is 0 Å². The molecule has 58 heavy (non-hydrogen) atoms. The molecule has 0 bridgehead atoms. The Morgan fingerprint density at radius 3 is 0.534 bits per heavy atom. The minimum absolute atomic E-state index is 0. The number of rotatable bonds is 9. The van der Waals surface area contributed by atoms with Crippen molar-refractivity contribution < 1.29 is 171 Å². The number of ketones is 3. The van der Waals surface area contributed by atoms with E-state index in [-0.39, 0.29) is 49.4 Å². The van der Waals surface area contributed by atoms with E-state index in [1.165, 1.54) is 62.3 Å². The fraction of sp³-hybridized carbons (Fsp3) is 0.700. The number of alkyl halides is 21. The maximum Gasteiger partial charge on any atom is 3.00 e. The van der Waals surface area contributed by atoms with Gasteiger partial charge in [-0.15, -0.1) is 17.3 Å². The quantitative estimate of drug-likeness (QED) is 0.131. The van der Waals surface area contributed by atoms with Gasteiger partial charge in [0.15, 0.2) is 0 Å². The Morgan fingerprint density at radius 1 is 0.328 bits per heavy atom. The summed E-state index contributed by atoms with van der Waals surface area (Å²) in [6.07, 6.45) is -21.1. The van der Waals surface area contributed by atoms with Crippen molar-refractivity contribution in [2.45, 2.75) is 116 Å². The molecule has 0 N–H and O–H groups in total. The van der Waals surface area contributed by atoms with Crippen LogP contribution in [0.4, 0.5) is 92.2 Å². The molecule has 0 aliphatic heterocycles. The van der Waals surface area contributed by atoms with Crippen molar-refractivity contribution in [1.82, 2.24) is 0 Å². The Morgan fingerprint density at radius 2 is 0.448 bits per heavy atom. The molecule has 28 heteroatoms. The molecule has 0 saturated carbocycles. The molecule has 0 radical (unpaired) electrons. The summed E-state index contributed by atoms with van der Waals surface area (Å²) in [4.78, 5) is 32.4. The molecular formula is C30H30EuF21O6. The number of halogens is 21. The van der Waals surface area contributed by atoms with E-state index in [0.717, 1.165) is 0 Å². The fourth-order valence-electron chi connectivity index (χ4n) is 2.28. The molecule has 0 aromatic rings. The predicted molar refractivity (Wildman–Crippen MR) is 145 cm³/mol. The first-order valence-electron chi connectivity index (χ1n) is 14.4. The summed E-state index contributed by atoms with van der Waals surface area (Å²) in [5.41, 5.74) is -4.09. The van der Waals surface area contributed by atoms with Crippen LogP contribution in [0.5, 0.6) is 0 Å². The van der Waals surface area contributed by atoms with Crippen molar-refractivity contribution in [3.8, 4) is 0 Å². The van der Waals surface area contributed by atoms with Gasteiger partial charge in [-0.3, -0.25) is 14.4 Å². The SMILES string of the molecule is CC(C)(C)C([O-])=CC(=O)C(F)(F)C(F)(F)C(F)(F)F.CC(C)(C)C([O-])=CC(=O)C(F)(F)C(F)(F)C(F)(F)F.CC(C)(C)C([O-])=CC(=O)C(F)(F)C(F)(F)C(F)(F)F.[Eu+3]. The van der Waals surface area contributed by atoms with Crippen molar-refractivity contribution in [3.05, 3.63) is 35.5 Å². The van der Waals surface area contributed by atoms with Crippen molar-refractivity contribution >= 4 is 17.3 Å². The molecule has 0 spiro atoms. The Balaban J connectivity index is -0.000000374. The fourth-order valence-corrected chi connectivity index (χ4v) is 2.28. The first kappa shape index (κ1) is 62.4. The van der Waals surface area contributed by atoms with Gasteiger partial charge in [0, 0.05) is 0 Å². The second-order valence-corrected chi connectivity index (χ2v) is 14.3. The van der Waals surface area contributed by atoms with Crippen LogP contribution in [-0.4, -0.2) is 71.4 Å². The van der Waals surface area contributed by atoms with Crippen LogP contribution in [0.2, 0.25) is 0 Å². The molecule has 0 amide bonds. The van der Waals surface area contributed by atoms with Crippen LogP contribution in [0.1, 0.15) is 62.3 Å². The van der Waals surface area contributed by atoms with Gasteiger partial charge in [-0.05, 0) is 34.5 Å². The van der Waals surface area contributed by atoms with Gasteiger partial charge in [-0.25, -0.2) is 0 Å². The predicted octanol–water partition coefficient (Wildman–Crippen LogP) is 8.04. The van der Waals surface area contributed by atoms with E-state index < -0.39 is 123 Å². The third-order valence-corrected chi connectivity index (χ3v) is 6.18. The van der Waals surface area contributed by atoms with E-state index in [9.17, 15) is 122 Å². The second kappa shape index (κ2) is 19.2. The molecule has 0 aromatic heterocycles. The summed E-state index contributed by atoms with van der Waals surface area (Å²) < 4.78 is 258. The largest absolute Gasteiger partial charge is 3.00 e. The molecular weight excluding hydrogens is 1010 g/mol. The molecule has 0 unspecified atom stereocenters. The van der Waals surface area contributed by atoms with Crippen molar-refractivity contribution in [2.75, 3.05) is 0 Å². The normalized spacial score (nSPS) is 15.3. The van der Waals surface area contributed by atoms with Crippen LogP contribution in [0.15, 0.2) is 35.5 Å². The van der Waals surface area contributed by atoms with Crippen molar-refractivity contribution in [2.24, 2.45) is 16.2 Å². The van der Waals surface area contributed by atoms with Gasteiger partial charge in [0.05, 0.1) is 0 Å². The summed E-state index contributed by atoms with van der Waals surface area (Å²) in [5.74, 6) is -50.2. The molecule has 0 saturated heterocycles. The Kier molecular flexibility index (Phi) is 20.7. The van der Waals surface area contributed by atoms with Gasteiger partial charge in [-0.1, -0.05) is 62.3 Å². The third-order valence-electron chi connectivity index (χ3n) is 6.18. The van der Waals surface area contributed by atoms with Crippen LogP contribution in [-0.2, 0) is 14.4 Å². The van der Waals surface area contributed by atoms with E-state index in [2.05, 4.69) is 0 Å². The molecule has 0 rings (SSSR count). The number of hydrogen-bond acceptors (Lipinski definition) is 6. The average Bonchev–Trinajstić information content (AvgIpc) is 2.93. The topological polar surface area (TPSA) is 120 Å².